The summed E-state index contributed by atoms with van der Waals surface area (Å²) in [4.78, 5) is 11.8. The van der Waals surface area contributed by atoms with Gasteiger partial charge in [0.05, 0.1) is 22.4 Å². The highest BCUT2D eigenvalue weighted by atomic mass is 35.5. The first kappa shape index (κ1) is 16.7. The smallest absolute Gasteiger partial charge is 0.275 e. The Balaban J connectivity index is 2.18. The average molecular weight is 357 g/mol. The maximum atomic E-state index is 11.8. The predicted octanol–water partition coefficient (Wildman–Crippen LogP) is 2.58. The monoisotopic (exact) mass is 356 g/mol. The molecule has 0 aromatic heterocycles. The molecule has 0 aliphatic carbocycles. The van der Waals surface area contributed by atoms with Crippen molar-refractivity contribution in [1.82, 2.24) is 5.43 Å². The molecular weight excluding hydrogens is 347 g/mol. The molecule has 23 heavy (non-hydrogen) atoms. The van der Waals surface area contributed by atoms with E-state index in [0.717, 1.165) is 18.3 Å². The lowest BCUT2D eigenvalue weighted by Gasteiger charge is -2.06. The molecule has 2 rings (SSSR count). The Morgan fingerprint density at radius 2 is 1.61 bits per heavy atom. The summed E-state index contributed by atoms with van der Waals surface area (Å²) in [5, 5.41) is 41.7. The van der Waals surface area contributed by atoms with Crippen LogP contribution in [0.5, 0.6) is 23.0 Å². The highest BCUT2D eigenvalue weighted by Crippen LogP contribution is 2.32. The molecule has 1 amide bonds. The van der Waals surface area contributed by atoms with Crippen LogP contribution in [0.2, 0.25) is 10.0 Å². The first-order valence-electron chi connectivity index (χ1n) is 6.06. The van der Waals surface area contributed by atoms with Gasteiger partial charge in [-0.15, -0.1) is 0 Å². The van der Waals surface area contributed by atoms with E-state index in [1.54, 1.807) is 0 Å². The Morgan fingerprint density at radius 3 is 2.26 bits per heavy atom. The molecule has 0 heterocycles. The molecule has 120 valence electrons. The van der Waals surface area contributed by atoms with Gasteiger partial charge in [0.1, 0.15) is 11.5 Å². The molecule has 0 spiro atoms. The second-order valence-electron chi connectivity index (χ2n) is 4.38. The summed E-state index contributed by atoms with van der Waals surface area (Å²) in [7, 11) is 0. The first-order valence-corrected chi connectivity index (χ1v) is 6.81. The SMILES string of the molecule is O=C(NN=Cc1c(O)cc(Cl)cc1Cl)c1cc(O)c(O)cc1O. The summed E-state index contributed by atoms with van der Waals surface area (Å²) in [5.41, 5.74) is 1.91. The van der Waals surface area contributed by atoms with Crippen molar-refractivity contribution >= 4 is 35.3 Å². The number of hydrogen-bond acceptors (Lipinski definition) is 6. The Morgan fingerprint density at radius 1 is 0.957 bits per heavy atom. The molecule has 0 fully saturated rings. The van der Waals surface area contributed by atoms with Gasteiger partial charge in [0.25, 0.3) is 5.91 Å². The van der Waals surface area contributed by atoms with Crippen LogP contribution < -0.4 is 5.43 Å². The van der Waals surface area contributed by atoms with Crippen molar-refractivity contribution < 1.29 is 25.2 Å². The number of aromatic hydroxyl groups is 4. The lowest BCUT2D eigenvalue weighted by molar-refractivity contribution is 0.0952. The third-order valence-corrected chi connectivity index (χ3v) is 3.30. The number of benzene rings is 2. The van der Waals surface area contributed by atoms with Crippen LogP contribution >= 0.6 is 23.2 Å². The second kappa shape index (κ2) is 6.64. The van der Waals surface area contributed by atoms with Crippen molar-refractivity contribution in [2.45, 2.75) is 0 Å². The summed E-state index contributed by atoms with van der Waals surface area (Å²) in [6.07, 6.45) is 1.09. The van der Waals surface area contributed by atoms with E-state index in [9.17, 15) is 25.2 Å². The van der Waals surface area contributed by atoms with Crippen LogP contribution in [0.3, 0.4) is 0 Å². The minimum Gasteiger partial charge on any atom is -0.507 e. The number of hydrogen-bond donors (Lipinski definition) is 5. The van der Waals surface area contributed by atoms with Crippen LogP contribution in [-0.2, 0) is 0 Å². The maximum Gasteiger partial charge on any atom is 0.275 e. The predicted molar refractivity (Wildman–Crippen MR) is 84.6 cm³/mol. The van der Waals surface area contributed by atoms with E-state index in [1.807, 2.05) is 0 Å². The van der Waals surface area contributed by atoms with Gasteiger partial charge < -0.3 is 20.4 Å². The number of hydrazone groups is 1. The van der Waals surface area contributed by atoms with Gasteiger partial charge in [-0.2, -0.15) is 5.10 Å². The van der Waals surface area contributed by atoms with E-state index in [4.69, 9.17) is 23.2 Å². The minimum absolute atomic E-state index is 0.123. The second-order valence-corrected chi connectivity index (χ2v) is 5.22. The Hall–Kier alpha value is -2.64. The van der Waals surface area contributed by atoms with E-state index in [-0.39, 0.29) is 26.9 Å². The largest absolute Gasteiger partial charge is 0.507 e. The van der Waals surface area contributed by atoms with Crippen molar-refractivity contribution in [1.29, 1.82) is 0 Å². The quantitative estimate of drug-likeness (QED) is 0.250. The van der Waals surface area contributed by atoms with Gasteiger partial charge in [0, 0.05) is 17.2 Å². The fourth-order valence-electron chi connectivity index (χ4n) is 1.66. The summed E-state index contributed by atoms with van der Waals surface area (Å²) >= 11 is 11.6. The van der Waals surface area contributed by atoms with Crippen molar-refractivity contribution in [2.24, 2.45) is 5.10 Å². The fraction of sp³-hybridized carbons (Fsp3) is 0. The zero-order chi connectivity index (χ0) is 17.1. The van der Waals surface area contributed by atoms with Crippen molar-refractivity contribution in [3.8, 4) is 23.0 Å². The van der Waals surface area contributed by atoms with Gasteiger partial charge in [-0.3, -0.25) is 4.79 Å². The molecule has 0 unspecified atom stereocenters. The highest BCUT2D eigenvalue weighted by molar-refractivity contribution is 6.36. The van der Waals surface area contributed by atoms with Gasteiger partial charge in [-0.1, -0.05) is 23.2 Å². The molecule has 0 aliphatic heterocycles. The van der Waals surface area contributed by atoms with Crippen molar-refractivity contribution in [2.75, 3.05) is 0 Å². The van der Waals surface area contributed by atoms with Gasteiger partial charge in [0.15, 0.2) is 11.5 Å². The van der Waals surface area contributed by atoms with E-state index in [1.165, 1.54) is 12.1 Å². The molecular formula is C14H10Cl2N2O5. The molecule has 0 bridgehead atoms. The Kier molecular flexibility index (Phi) is 4.83. The van der Waals surface area contributed by atoms with Crippen LogP contribution in [0.4, 0.5) is 0 Å². The van der Waals surface area contributed by atoms with Crippen LogP contribution in [-0.4, -0.2) is 32.5 Å². The van der Waals surface area contributed by atoms with Crippen LogP contribution in [0.15, 0.2) is 29.4 Å². The normalized spacial score (nSPS) is 10.9. The Labute approximate surface area is 140 Å². The van der Waals surface area contributed by atoms with Crippen LogP contribution in [0.1, 0.15) is 15.9 Å². The minimum atomic E-state index is -0.848. The molecule has 2 aromatic carbocycles. The first-order chi connectivity index (χ1) is 10.8. The number of carbonyl (C=O) groups is 1. The van der Waals surface area contributed by atoms with E-state index >= 15 is 0 Å². The van der Waals surface area contributed by atoms with Gasteiger partial charge in [-0.25, -0.2) is 5.43 Å². The van der Waals surface area contributed by atoms with Crippen molar-refractivity contribution in [3.05, 3.63) is 45.4 Å². The molecule has 5 N–H and O–H groups in total. The highest BCUT2D eigenvalue weighted by Gasteiger charge is 2.14. The molecule has 9 heteroatoms. The van der Waals surface area contributed by atoms with Gasteiger partial charge >= 0.3 is 0 Å². The Bertz CT molecular complexity index is 785. The molecule has 0 saturated heterocycles. The summed E-state index contributed by atoms with van der Waals surface area (Å²) < 4.78 is 0. The maximum absolute atomic E-state index is 11.8. The van der Waals surface area contributed by atoms with Crippen LogP contribution in [0.25, 0.3) is 0 Å². The third-order valence-electron chi connectivity index (χ3n) is 2.77. The van der Waals surface area contributed by atoms with Crippen molar-refractivity contribution in [3.63, 3.8) is 0 Å². The standard InChI is InChI=1S/C14H10Cl2N2O5/c15-6-1-9(16)8(10(19)2-6)5-17-18-14(23)7-3-12(21)13(22)4-11(7)20/h1-5,19-22H,(H,18,23). The fourth-order valence-corrected chi connectivity index (χ4v) is 2.19. The van der Waals surface area contributed by atoms with E-state index in [2.05, 4.69) is 10.5 Å². The lowest BCUT2D eigenvalue weighted by atomic mass is 10.1. The number of nitrogens with one attached hydrogen (secondary N) is 1. The lowest BCUT2D eigenvalue weighted by Crippen LogP contribution is -2.17. The molecule has 0 radical (unpaired) electrons. The molecule has 2 aromatic rings. The molecule has 0 saturated carbocycles. The zero-order valence-electron chi connectivity index (χ0n) is 11.3. The third kappa shape index (κ3) is 3.77. The topological polar surface area (TPSA) is 122 Å². The number of amides is 1. The summed E-state index contributed by atoms with van der Waals surface area (Å²) in [6.45, 7) is 0. The number of phenolic OH excluding ortho intramolecular Hbond substituents is 4. The van der Waals surface area contributed by atoms with E-state index in [0.29, 0.717) is 0 Å². The van der Waals surface area contributed by atoms with Crippen LogP contribution in [0, 0.1) is 0 Å². The molecule has 7 nitrogen and oxygen atoms in total. The summed E-state index contributed by atoms with van der Waals surface area (Å²) in [6, 6.07) is 4.33. The number of halogens is 2. The average Bonchev–Trinajstić information content (AvgIpc) is 2.45. The number of phenols is 4. The molecule has 0 aliphatic rings. The van der Waals surface area contributed by atoms with Gasteiger partial charge in [0.2, 0.25) is 0 Å². The number of rotatable bonds is 3. The molecule has 0 atom stereocenters. The zero-order valence-corrected chi connectivity index (χ0v) is 12.8. The number of carbonyl (C=O) groups excluding carboxylic acids is 1. The summed E-state index contributed by atoms with van der Waals surface area (Å²) in [5.74, 6) is -2.76. The van der Waals surface area contributed by atoms with Gasteiger partial charge in [-0.05, 0) is 12.1 Å². The number of nitrogens with zero attached hydrogens (tertiary/aromatic N) is 1. The van der Waals surface area contributed by atoms with E-state index < -0.39 is 23.2 Å².